The van der Waals surface area contributed by atoms with Crippen molar-refractivity contribution in [1.82, 2.24) is 4.90 Å². The standard InChI is InChI=1S/C11H22N2O/c1-3-10-7-14-9(2)6-13(10)8-11(12)4-5-11/h9-10H,3-8,12H2,1-2H3. The third kappa shape index (κ3) is 2.27. The van der Waals surface area contributed by atoms with E-state index in [4.69, 9.17) is 10.5 Å². The summed E-state index contributed by atoms with van der Waals surface area (Å²) in [5.41, 5.74) is 6.30. The van der Waals surface area contributed by atoms with Gasteiger partial charge in [0, 0.05) is 24.7 Å². The Morgan fingerprint density at radius 3 is 2.79 bits per heavy atom. The van der Waals surface area contributed by atoms with Crippen molar-refractivity contribution in [2.45, 2.75) is 50.8 Å². The van der Waals surface area contributed by atoms with Crippen molar-refractivity contribution in [2.24, 2.45) is 5.73 Å². The summed E-state index contributed by atoms with van der Waals surface area (Å²) in [4.78, 5) is 2.53. The summed E-state index contributed by atoms with van der Waals surface area (Å²) in [7, 11) is 0. The Bertz CT molecular complexity index is 203. The molecule has 2 unspecified atom stereocenters. The van der Waals surface area contributed by atoms with Crippen molar-refractivity contribution in [3.63, 3.8) is 0 Å². The fraction of sp³-hybridized carbons (Fsp3) is 1.00. The number of rotatable bonds is 3. The second-order valence-electron chi connectivity index (χ2n) is 5.00. The van der Waals surface area contributed by atoms with Crippen LogP contribution in [0.2, 0.25) is 0 Å². The van der Waals surface area contributed by atoms with Crippen LogP contribution in [0.4, 0.5) is 0 Å². The maximum Gasteiger partial charge on any atom is 0.0674 e. The largest absolute Gasteiger partial charge is 0.376 e. The maximum atomic E-state index is 6.16. The molecule has 2 N–H and O–H groups in total. The zero-order valence-corrected chi connectivity index (χ0v) is 9.33. The van der Waals surface area contributed by atoms with Crippen LogP contribution >= 0.6 is 0 Å². The molecule has 1 saturated carbocycles. The second kappa shape index (κ2) is 3.80. The summed E-state index contributed by atoms with van der Waals surface area (Å²) >= 11 is 0. The fourth-order valence-corrected chi connectivity index (χ4v) is 2.21. The highest BCUT2D eigenvalue weighted by Crippen LogP contribution is 2.34. The second-order valence-corrected chi connectivity index (χ2v) is 5.00. The van der Waals surface area contributed by atoms with Crippen molar-refractivity contribution >= 4 is 0 Å². The first-order valence-electron chi connectivity index (χ1n) is 5.77. The molecule has 2 fully saturated rings. The molecule has 2 aliphatic rings. The Morgan fingerprint density at radius 2 is 2.21 bits per heavy atom. The highest BCUT2D eigenvalue weighted by atomic mass is 16.5. The lowest BCUT2D eigenvalue weighted by molar-refractivity contribution is -0.0583. The molecule has 0 aromatic rings. The van der Waals surface area contributed by atoms with Crippen LogP contribution in [0.5, 0.6) is 0 Å². The van der Waals surface area contributed by atoms with Crippen LogP contribution < -0.4 is 5.73 Å². The van der Waals surface area contributed by atoms with E-state index in [1.54, 1.807) is 0 Å². The lowest BCUT2D eigenvalue weighted by Gasteiger charge is -2.39. The average Bonchev–Trinajstić information content (AvgIpc) is 2.84. The highest BCUT2D eigenvalue weighted by molar-refractivity contribution is 5.02. The van der Waals surface area contributed by atoms with E-state index in [0.29, 0.717) is 12.1 Å². The molecule has 0 spiro atoms. The summed E-state index contributed by atoms with van der Waals surface area (Å²) in [5.74, 6) is 0. The Hall–Kier alpha value is -0.120. The minimum atomic E-state index is 0.143. The lowest BCUT2D eigenvalue weighted by Crippen LogP contribution is -2.53. The van der Waals surface area contributed by atoms with Crippen molar-refractivity contribution in [2.75, 3.05) is 19.7 Å². The van der Waals surface area contributed by atoms with E-state index in [0.717, 1.165) is 19.7 Å². The third-order valence-electron chi connectivity index (χ3n) is 3.46. The molecular formula is C11H22N2O. The van der Waals surface area contributed by atoms with Crippen LogP contribution in [0.25, 0.3) is 0 Å². The maximum absolute atomic E-state index is 6.16. The van der Waals surface area contributed by atoms with Crippen LogP contribution in [0.3, 0.4) is 0 Å². The molecule has 14 heavy (non-hydrogen) atoms. The van der Waals surface area contributed by atoms with E-state index in [1.807, 2.05) is 0 Å². The number of morpholine rings is 1. The fourth-order valence-electron chi connectivity index (χ4n) is 2.21. The molecule has 1 heterocycles. The van der Waals surface area contributed by atoms with Crippen LogP contribution in [0.15, 0.2) is 0 Å². The molecular weight excluding hydrogens is 176 g/mol. The minimum Gasteiger partial charge on any atom is -0.376 e. The summed E-state index contributed by atoms with van der Waals surface area (Å²) in [6.07, 6.45) is 3.95. The summed E-state index contributed by atoms with van der Waals surface area (Å²) in [6.45, 7) is 7.38. The van der Waals surface area contributed by atoms with Gasteiger partial charge in [0.05, 0.1) is 12.7 Å². The Kier molecular flexibility index (Phi) is 2.82. The molecule has 2 atom stereocenters. The molecule has 0 aromatic heterocycles. The topological polar surface area (TPSA) is 38.5 Å². The Morgan fingerprint density at radius 1 is 1.50 bits per heavy atom. The highest BCUT2D eigenvalue weighted by Gasteiger charge is 2.41. The molecule has 1 aliphatic heterocycles. The van der Waals surface area contributed by atoms with Gasteiger partial charge < -0.3 is 10.5 Å². The van der Waals surface area contributed by atoms with Gasteiger partial charge in [-0.15, -0.1) is 0 Å². The van der Waals surface area contributed by atoms with E-state index < -0.39 is 0 Å². The van der Waals surface area contributed by atoms with Gasteiger partial charge in [0.2, 0.25) is 0 Å². The molecule has 1 saturated heterocycles. The minimum absolute atomic E-state index is 0.143. The molecule has 0 bridgehead atoms. The summed E-state index contributed by atoms with van der Waals surface area (Å²) < 4.78 is 5.66. The molecule has 1 aliphatic carbocycles. The predicted molar refractivity (Wildman–Crippen MR) is 57.2 cm³/mol. The number of nitrogens with zero attached hydrogens (tertiary/aromatic N) is 1. The number of hydrogen-bond acceptors (Lipinski definition) is 3. The smallest absolute Gasteiger partial charge is 0.0674 e. The molecule has 82 valence electrons. The van der Waals surface area contributed by atoms with Gasteiger partial charge in [0.25, 0.3) is 0 Å². The zero-order valence-electron chi connectivity index (χ0n) is 9.33. The van der Waals surface area contributed by atoms with Gasteiger partial charge in [-0.1, -0.05) is 6.92 Å². The molecule has 0 amide bonds. The first-order valence-corrected chi connectivity index (χ1v) is 5.77. The summed E-state index contributed by atoms with van der Waals surface area (Å²) in [6, 6.07) is 0.590. The number of nitrogens with two attached hydrogens (primary N) is 1. The lowest BCUT2D eigenvalue weighted by atomic mass is 10.1. The van der Waals surface area contributed by atoms with Crippen LogP contribution in [0.1, 0.15) is 33.1 Å². The van der Waals surface area contributed by atoms with Crippen molar-refractivity contribution < 1.29 is 4.74 Å². The van der Waals surface area contributed by atoms with E-state index in [2.05, 4.69) is 18.7 Å². The monoisotopic (exact) mass is 198 g/mol. The van der Waals surface area contributed by atoms with E-state index >= 15 is 0 Å². The number of hydrogen-bond donors (Lipinski definition) is 1. The Balaban J connectivity index is 1.91. The molecule has 0 radical (unpaired) electrons. The van der Waals surface area contributed by atoms with Crippen molar-refractivity contribution in [1.29, 1.82) is 0 Å². The van der Waals surface area contributed by atoms with Gasteiger partial charge in [-0.05, 0) is 26.2 Å². The van der Waals surface area contributed by atoms with Gasteiger partial charge >= 0.3 is 0 Å². The SMILES string of the molecule is CCC1COC(C)CN1CC1(N)CC1. The predicted octanol–water partition coefficient (Wildman–Crippen LogP) is 0.977. The van der Waals surface area contributed by atoms with Crippen molar-refractivity contribution in [3.8, 4) is 0 Å². The van der Waals surface area contributed by atoms with Crippen LogP contribution in [0, 0.1) is 0 Å². The van der Waals surface area contributed by atoms with Gasteiger partial charge in [-0.3, -0.25) is 4.90 Å². The van der Waals surface area contributed by atoms with Crippen molar-refractivity contribution in [3.05, 3.63) is 0 Å². The van der Waals surface area contributed by atoms with Gasteiger partial charge in [0.1, 0.15) is 0 Å². The average molecular weight is 198 g/mol. The van der Waals surface area contributed by atoms with E-state index in [-0.39, 0.29) is 5.54 Å². The first-order chi connectivity index (χ1) is 6.63. The van der Waals surface area contributed by atoms with Crippen LogP contribution in [-0.2, 0) is 4.74 Å². The quantitative estimate of drug-likeness (QED) is 0.734. The third-order valence-corrected chi connectivity index (χ3v) is 3.46. The Labute approximate surface area is 86.6 Å². The van der Waals surface area contributed by atoms with E-state index in [9.17, 15) is 0 Å². The van der Waals surface area contributed by atoms with Gasteiger partial charge in [0.15, 0.2) is 0 Å². The molecule has 0 aromatic carbocycles. The molecule has 3 heteroatoms. The van der Waals surface area contributed by atoms with E-state index in [1.165, 1.54) is 19.3 Å². The molecule has 2 rings (SSSR count). The summed E-state index contributed by atoms with van der Waals surface area (Å²) in [5, 5.41) is 0. The first kappa shape index (κ1) is 10.4. The van der Waals surface area contributed by atoms with Gasteiger partial charge in [-0.25, -0.2) is 0 Å². The molecule has 3 nitrogen and oxygen atoms in total. The normalized spacial score (nSPS) is 37.1. The number of ether oxygens (including phenoxy) is 1. The zero-order chi connectivity index (χ0) is 10.2. The van der Waals surface area contributed by atoms with Crippen LogP contribution in [-0.4, -0.2) is 42.3 Å². The van der Waals surface area contributed by atoms with Gasteiger partial charge in [-0.2, -0.15) is 0 Å².